The molecule has 108 heavy (non-hydrogen) atoms. The van der Waals surface area contributed by atoms with Crippen molar-refractivity contribution in [2.45, 2.75) is 211 Å². The molecular formula is C80H93NO27. The van der Waals surface area contributed by atoms with Crippen LogP contribution in [-0.4, -0.2) is 196 Å². The van der Waals surface area contributed by atoms with E-state index in [0.29, 0.717) is 11.1 Å². The van der Waals surface area contributed by atoms with E-state index < -0.39 is 178 Å². The summed E-state index contributed by atoms with van der Waals surface area (Å²) in [6.45, 7) is 5.68. The lowest BCUT2D eigenvalue weighted by molar-refractivity contribution is -0.391. The molecule has 0 unspecified atom stereocenters. The Balaban J connectivity index is 1.13. The van der Waals surface area contributed by atoms with Crippen molar-refractivity contribution in [3.63, 3.8) is 0 Å². The smallest absolute Gasteiger partial charge is 0.303 e. The number of amides is 1. The van der Waals surface area contributed by atoms with Gasteiger partial charge in [-0.05, 0) is 33.4 Å². The van der Waals surface area contributed by atoms with Gasteiger partial charge in [0, 0.05) is 48.5 Å². The molecule has 4 saturated heterocycles. The third-order valence-corrected chi connectivity index (χ3v) is 17.7. The quantitative estimate of drug-likeness (QED) is 0.0294. The van der Waals surface area contributed by atoms with E-state index in [1.807, 2.05) is 182 Å². The van der Waals surface area contributed by atoms with Gasteiger partial charge in [-0.15, -0.1) is 0 Å². The number of nitrogens with one attached hydrogen (secondary N) is 1. The Morgan fingerprint density at radius 3 is 1.04 bits per heavy atom. The molecule has 0 bridgehead atoms. The van der Waals surface area contributed by atoms with Gasteiger partial charge in [-0.2, -0.15) is 0 Å². The summed E-state index contributed by atoms with van der Waals surface area (Å²) in [6, 6.07) is 54.2. The Morgan fingerprint density at radius 2 is 0.620 bits per heavy atom. The Bertz CT molecular complexity index is 3780. The molecule has 28 heteroatoms. The van der Waals surface area contributed by atoms with E-state index in [2.05, 4.69) is 5.32 Å². The summed E-state index contributed by atoms with van der Waals surface area (Å²) >= 11 is 0. The highest BCUT2D eigenvalue weighted by Gasteiger charge is 2.60. The molecule has 28 nitrogen and oxygen atoms in total. The standard InChI is InChI=1S/C80H93NO27/c1-48(82)81-65-70(99-52(5)86)67(106-80-76(101-54(7)88)73(100-53(6)87)69(98-51(4)85)64(105-80)47-93-50(3)84)63(46-92-49(2)83)103-78(65)108-72-66(94-40-57-30-18-10-19-31-57)61(44-90-38-55-26-14-8-15-27-55)104-79(75(72)97-43-60-36-24-13-25-37-60)107-68-62(45-91-39-56-28-16-9-17-29-56)102-77(89)74(96-42-59-34-22-12-23-35-59)71(68)95-41-58-32-20-11-21-33-58/h8-37,61-80,89H,38-47H2,1-7H3,(H,81,82)/t61-,62-,63-,64-,65-,66+,67-,68-,69+,70-,71+,72+,73+,74-,75-,76-,77-,78+,79+,80+/m1/s1. The van der Waals surface area contributed by atoms with E-state index in [1.54, 1.807) is 0 Å². The van der Waals surface area contributed by atoms with Crippen LogP contribution in [-0.2, 0) is 163 Å². The molecule has 0 saturated carbocycles. The molecule has 6 aromatic carbocycles. The van der Waals surface area contributed by atoms with Gasteiger partial charge in [0.05, 0.1) is 52.9 Å². The molecular weight excluding hydrogens is 1410 g/mol. The van der Waals surface area contributed by atoms with Gasteiger partial charge in [-0.1, -0.05) is 182 Å². The molecule has 4 heterocycles. The molecule has 20 atom stereocenters. The highest BCUT2D eigenvalue weighted by atomic mass is 16.8. The molecule has 4 aliphatic rings. The average molecular weight is 1500 g/mol. The molecule has 2 N–H and O–H groups in total. The van der Waals surface area contributed by atoms with Crippen molar-refractivity contribution in [3.05, 3.63) is 215 Å². The van der Waals surface area contributed by atoms with Gasteiger partial charge in [0.15, 0.2) is 49.6 Å². The van der Waals surface area contributed by atoms with Gasteiger partial charge < -0.3 is 100 Å². The third-order valence-electron chi connectivity index (χ3n) is 17.7. The molecule has 4 aliphatic heterocycles. The maximum Gasteiger partial charge on any atom is 0.303 e. The third kappa shape index (κ3) is 24.0. The topological polar surface area (TPSA) is 327 Å². The van der Waals surface area contributed by atoms with Gasteiger partial charge >= 0.3 is 35.8 Å². The van der Waals surface area contributed by atoms with Crippen LogP contribution in [0.4, 0.5) is 0 Å². The van der Waals surface area contributed by atoms with Crippen LogP contribution < -0.4 is 5.32 Å². The predicted molar refractivity (Wildman–Crippen MR) is 377 cm³/mol. The molecule has 0 radical (unpaired) electrons. The fourth-order valence-corrected chi connectivity index (χ4v) is 13.0. The Kier molecular flexibility index (Phi) is 31.0. The summed E-state index contributed by atoms with van der Waals surface area (Å²) in [4.78, 5) is 92.6. The Labute approximate surface area is 625 Å². The molecule has 6 aromatic rings. The lowest BCUT2D eigenvalue weighted by Gasteiger charge is -2.52. The molecule has 1 amide bonds. The number of hydrogen-bond acceptors (Lipinski definition) is 27. The van der Waals surface area contributed by atoms with Crippen molar-refractivity contribution in [3.8, 4) is 0 Å². The maximum atomic E-state index is 14.1. The van der Waals surface area contributed by atoms with Crippen molar-refractivity contribution in [2.24, 2.45) is 0 Å². The van der Waals surface area contributed by atoms with E-state index in [-0.39, 0.29) is 52.9 Å². The first kappa shape index (κ1) is 81.6. The van der Waals surface area contributed by atoms with Gasteiger partial charge in [0.1, 0.15) is 86.4 Å². The SMILES string of the molecule is CC(=O)N[C@H]1[C@H](O[C@H]2[C@@H](OCc3ccccc3)[C@@H](COCc3ccccc3)O[C@@H](O[C@H]3[C@H](OCc4ccccc4)[C@@H](OCc4ccccc4)[C@H](O)O[C@@H]3COCc3ccccc3)[C@@H]2OCc2ccccc2)O[C@H](COC(C)=O)[C@@H](O[C@@H]2O[C@H](COC(C)=O)[C@H](OC(C)=O)[C@H](OC(C)=O)[C@H]2OC(C)=O)[C@@H]1OC(C)=O. The van der Waals surface area contributed by atoms with E-state index in [4.69, 9.17) is 90.0 Å². The van der Waals surface area contributed by atoms with Crippen LogP contribution in [0.3, 0.4) is 0 Å². The predicted octanol–water partition coefficient (Wildman–Crippen LogP) is 7.17. The van der Waals surface area contributed by atoms with E-state index >= 15 is 0 Å². The molecule has 0 aliphatic carbocycles. The van der Waals surface area contributed by atoms with Crippen molar-refractivity contribution in [2.75, 3.05) is 26.4 Å². The molecule has 4 fully saturated rings. The number of aliphatic hydroxyl groups is 1. The Morgan fingerprint density at radius 1 is 0.306 bits per heavy atom. The van der Waals surface area contributed by atoms with Crippen LogP contribution in [0.2, 0.25) is 0 Å². The van der Waals surface area contributed by atoms with Crippen molar-refractivity contribution in [1.82, 2.24) is 5.32 Å². The number of rotatable bonds is 35. The van der Waals surface area contributed by atoms with Gasteiger partial charge in [0.25, 0.3) is 0 Å². The fourth-order valence-electron chi connectivity index (χ4n) is 13.0. The molecule has 0 spiro atoms. The van der Waals surface area contributed by atoms with Crippen LogP contribution in [0.15, 0.2) is 182 Å². The lowest BCUT2D eigenvalue weighted by atomic mass is 9.93. The minimum atomic E-state index is -1.97. The average Bonchev–Trinajstić information content (AvgIpc) is 0.760. The summed E-state index contributed by atoms with van der Waals surface area (Å²) in [7, 11) is 0. The minimum absolute atomic E-state index is 0.00310. The molecule has 580 valence electrons. The first-order valence-corrected chi connectivity index (χ1v) is 35.6. The normalized spacial score (nSPS) is 28.3. The number of carbonyl (C=O) groups is 7. The summed E-state index contributed by atoms with van der Waals surface area (Å²) in [6.07, 6.45) is -29.6. The zero-order chi connectivity index (χ0) is 76.5. The van der Waals surface area contributed by atoms with Gasteiger partial charge in [-0.25, -0.2) is 0 Å². The first-order valence-electron chi connectivity index (χ1n) is 35.6. The zero-order valence-corrected chi connectivity index (χ0v) is 61.0. The monoisotopic (exact) mass is 1500 g/mol. The van der Waals surface area contributed by atoms with Gasteiger partial charge in [0.2, 0.25) is 5.91 Å². The fraction of sp³-hybridized carbons (Fsp3) is 0.463. The number of esters is 6. The van der Waals surface area contributed by atoms with E-state index in [1.165, 1.54) is 6.92 Å². The van der Waals surface area contributed by atoms with E-state index in [9.17, 15) is 38.7 Å². The zero-order valence-electron chi connectivity index (χ0n) is 61.0. The van der Waals surface area contributed by atoms with Crippen LogP contribution in [0.1, 0.15) is 81.8 Å². The highest BCUT2D eigenvalue weighted by molar-refractivity contribution is 5.74. The van der Waals surface area contributed by atoms with Crippen LogP contribution in [0, 0.1) is 0 Å². The van der Waals surface area contributed by atoms with Crippen LogP contribution >= 0.6 is 0 Å². The first-order chi connectivity index (χ1) is 52.2. The van der Waals surface area contributed by atoms with Crippen molar-refractivity contribution >= 4 is 41.7 Å². The number of benzene rings is 6. The van der Waals surface area contributed by atoms with Crippen molar-refractivity contribution < 1.29 is 129 Å². The summed E-state index contributed by atoms with van der Waals surface area (Å²) in [5.41, 5.74) is 4.56. The second-order valence-electron chi connectivity index (χ2n) is 26.2. The second kappa shape index (κ2) is 41.0. The number of carbonyl (C=O) groups excluding carboxylic acids is 7. The second-order valence-corrected chi connectivity index (χ2v) is 26.2. The summed E-state index contributed by atoms with van der Waals surface area (Å²) < 4.78 is 125. The summed E-state index contributed by atoms with van der Waals surface area (Å²) in [5.74, 6) is -6.16. The van der Waals surface area contributed by atoms with E-state index in [0.717, 1.165) is 63.8 Å². The maximum absolute atomic E-state index is 14.1. The number of ether oxygens (including phenoxy) is 19. The highest BCUT2D eigenvalue weighted by Crippen LogP contribution is 2.40. The van der Waals surface area contributed by atoms with Crippen LogP contribution in [0.5, 0.6) is 0 Å². The minimum Gasteiger partial charge on any atom is -0.463 e. The lowest BCUT2D eigenvalue weighted by Crippen LogP contribution is -2.71. The molecule has 0 aromatic heterocycles. The number of aliphatic hydroxyl groups excluding tert-OH is 1. The largest absolute Gasteiger partial charge is 0.463 e. The van der Waals surface area contributed by atoms with Gasteiger partial charge in [-0.3, -0.25) is 33.6 Å². The van der Waals surface area contributed by atoms with Crippen LogP contribution in [0.25, 0.3) is 0 Å². The Hall–Kier alpha value is -8.95. The molecule has 10 rings (SSSR count). The van der Waals surface area contributed by atoms with Crippen molar-refractivity contribution in [1.29, 1.82) is 0 Å². The summed E-state index contributed by atoms with van der Waals surface area (Å²) in [5, 5.41) is 15.2. The number of hydrogen-bond donors (Lipinski definition) is 2.